The Morgan fingerprint density at radius 1 is 1.29 bits per heavy atom. The monoisotopic (exact) mass is 189 g/mol. The Kier molecular flexibility index (Phi) is 3.75. The molecule has 1 heteroatoms. The van der Waals surface area contributed by atoms with Crippen molar-refractivity contribution in [2.24, 2.45) is 0 Å². The molecule has 0 fully saturated rings. The molecule has 0 unspecified atom stereocenters. The van der Waals surface area contributed by atoms with E-state index in [2.05, 4.69) is 50.7 Å². The van der Waals surface area contributed by atoms with Crippen LogP contribution in [0.3, 0.4) is 0 Å². The molecule has 1 aliphatic rings. The first-order valence-electron chi connectivity index (χ1n) is 5.05. The van der Waals surface area contributed by atoms with Crippen LogP contribution in [-0.4, -0.2) is 19.0 Å². The summed E-state index contributed by atoms with van der Waals surface area (Å²) in [5.74, 6) is 0. The fraction of sp³-hybridized carbons (Fsp3) is 0.385. The number of rotatable bonds is 3. The lowest BCUT2D eigenvalue weighted by Gasteiger charge is -2.17. The summed E-state index contributed by atoms with van der Waals surface area (Å²) in [5.41, 5.74) is 4.20. The van der Waals surface area contributed by atoms with Crippen molar-refractivity contribution in [2.75, 3.05) is 14.1 Å². The van der Waals surface area contributed by atoms with Gasteiger partial charge in [-0.05, 0) is 30.9 Å². The maximum atomic E-state index is 3.75. The number of hydrogen-bond acceptors (Lipinski definition) is 1. The van der Waals surface area contributed by atoms with E-state index in [9.17, 15) is 0 Å². The summed E-state index contributed by atoms with van der Waals surface area (Å²) in [4.78, 5) is 2.19. The lowest BCUT2D eigenvalue weighted by atomic mass is 10.1. The summed E-state index contributed by atoms with van der Waals surface area (Å²) in [6.07, 6.45) is 10.6. The largest absolute Gasteiger partial charge is 0.377 e. The van der Waals surface area contributed by atoms with E-state index >= 15 is 0 Å². The number of likely N-dealkylation sites (N-methyl/N-ethyl adjacent to an activating group) is 1. The summed E-state index contributed by atoms with van der Waals surface area (Å²) in [5, 5.41) is 0. The van der Waals surface area contributed by atoms with Gasteiger partial charge >= 0.3 is 0 Å². The highest BCUT2D eigenvalue weighted by Crippen LogP contribution is 2.33. The highest BCUT2D eigenvalue weighted by atomic mass is 15.1. The van der Waals surface area contributed by atoms with Crippen molar-refractivity contribution >= 4 is 0 Å². The molecule has 0 aromatic rings. The molecular formula is C13H19N. The highest BCUT2D eigenvalue weighted by Gasteiger charge is 2.18. The molecule has 0 radical (unpaired) electrons. The molecule has 0 amide bonds. The second-order valence-electron chi connectivity index (χ2n) is 3.70. The Morgan fingerprint density at radius 2 is 2.00 bits per heavy atom. The van der Waals surface area contributed by atoms with Gasteiger partial charge in [0.2, 0.25) is 0 Å². The molecule has 0 heterocycles. The fourth-order valence-electron chi connectivity index (χ4n) is 1.95. The van der Waals surface area contributed by atoms with Gasteiger partial charge < -0.3 is 4.90 Å². The van der Waals surface area contributed by atoms with Crippen LogP contribution in [-0.2, 0) is 0 Å². The third-order valence-corrected chi connectivity index (χ3v) is 2.41. The van der Waals surface area contributed by atoms with Crippen LogP contribution in [0, 0.1) is 0 Å². The van der Waals surface area contributed by atoms with Crippen molar-refractivity contribution in [2.45, 2.75) is 19.8 Å². The van der Waals surface area contributed by atoms with Gasteiger partial charge in [0, 0.05) is 19.8 Å². The Hall–Kier alpha value is -1.24. The van der Waals surface area contributed by atoms with Crippen molar-refractivity contribution in [3.8, 4) is 0 Å². The predicted molar refractivity (Wildman–Crippen MR) is 63.0 cm³/mol. The normalized spacial score (nSPS) is 19.8. The molecule has 0 spiro atoms. The molecule has 0 aliphatic heterocycles. The van der Waals surface area contributed by atoms with E-state index in [-0.39, 0.29) is 0 Å². The Bertz CT molecular complexity index is 303. The topological polar surface area (TPSA) is 3.24 Å². The second kappa shape index (κ2) is 4.85. The minimum atomic E-state index is 1.14. The van der Waals surface area contributed by atoms with E-state index in [1.807, 2.05) is 6.08 Å². The average Bonchev–Trinajstić information content (AvgIpc) is 2.49. The van der Waals surface area contributed by atoms with Gasteiger partial charge in [0.25, 0.3) is 0 Å². The molecule has 0 atom stereocenters. The number of hydrogen-bond donors (Lipinski definition) is 0. The summed E-state index contributed by atoms with van der Waals surface area (Å²) in [6.45, 7) is 5.82. The maximum Gasteiger partial charge on any atom is 0.0426 e. The quantitative estimate of drug-likeness (QED) is 0.658. The molecule has 1 nitrogen and oxygen atoms in total. The van der Waals surface area contributed by atoms with Gasteiger partial charge in [-0.1, -0.05) is 30.9 Å². The lowest BCUT2D eigenvalue weighted by molar-refractivity contribution is 0.521. The van der Waals surface area contributed by atoms with Gasteiger partial charge in [-0.25, -0.2) is 0 Å². The average molecular weight is 189 g/mol. The van der Waals surface area contributed by atoms with Crippen LogP contribution in [0.25, 0.3) is 0 Å². The smallest absolute Gasteiger partial charge is 0.0426 e. The van der Waals surface area contributed by atoms with Crippen molar-refractivity contribution in [1.82, 2.24) is 4.90 Å². The van der Waals surface area contributed by atoms with Crippen LogP contribution < -0.4 is 0 Å². The van der Waals surface area contributed by atoms with Crippen molar-refractivity contribution in [1.29, 1.82) is 0 Å². The van der Waals surface area contributed by atoms with Gasteiger partial charge in [-0.15, -0.1) is 0 Å². The van der Waals surface area contributed by atoms with Gasteiger partial charge in [0.1, 0.15) is 0 Å². The summed E-state index contributed by atoms with van der Waals surface area (Å²) >= 11 is 0. The van der Waals surface area contributed by atoms with Gasteiger partial charge in [0.15, 0.2) is 0 Å². The van der Waals surface area contributed by atoms with Crippen LogP contribution in [0.4, 0.5) is 0 Å². The van der Waals surface area contributed by atoms with E-state index in [0.29, 0.717) is 0 Å². The lowest BCUT2D eigenvalue weighted by Crippen LogP contribution is -2.11. The summed E-state index contributed by atoms with van der Waals surface area (Å²) < 4.78 is 0. The Morgan fingerprint density at radius 3 is 2.50 bits per heavy atom. The van der Waals surface area contributed by atoms with Crippen LogP contribution in [0.2, 0.25) is 0 Å². The number of allylic oxidation sites excluding steroid dienone is 6. The Balaban J connectivity index is 3.08. The van der Waals surface area contributed by atoms with Gasteiger partial charge in [-0.2, -0.15) is 0 Å². The Labute approximate surface area is 87.1 Å². The molecule has 1 rings (SSSR count). The molecule has 76 valence electrons. The SMILES string of the molecule is C=C/C=C1\CCC(/C=C/C)=C1N(C)C. The molecule has 14 heavy (non-hydrogen) atoms. The molecule has 0 N–H and O–H groups in total. The van der Waals surface area contributed by atoms with Crippen LogP contribution in [0.15, 0.2) is 47.7 Å². The fourth-order valence-corrected chi connectivity index (χ4v) is 1.95. The van der Waals surface area contributed by atoms with Crippen molar-refractivity contribution in [3.63, 3.8) is 0 Å². The first kappa shape index (κ1) is 10.8. The number of nitrogens with zero attached hydrogens (tertiary/aromatic N) is 1. The zero-order valence-corrected chi connectivity index (χ0v) is 9.38. The van der Waals surface area contributed by atoms with E-state index in [1.54, 1.807) is 0 Å². The zero-order chi connectivity index (χ0) is 10.6. The minimum Gasteiger partial charge on any atom is -0.377 e. The van der Waals surface area contributed by atoms with Crippen molar-refractivity contribution < 1.29 is 0 Å². The predicted octanol–water partition coefficient (Wildman–Crippen LogP) is 3.28. The summed E-state index contributed by atoms with van der Waals surface area (Å²) in [7, 11) is 4.20. The van der Waals surface area contributed by atoms with Crippen molar-refractivity contribution in [3.05, 3.63) is 47.7 Å². The van der Waals surface area contributed by atoms with Gasteiger partial charge in [-0.3, -0.25) is 0 Å². The molecule has 0 aromatic carbocycles. The molecule has 0 saturated carbocycles. The summed E-state index contributed by atoms with van der Waals surface area (Å²) in [6, 6.07) is 0. The van der Waals surface area contributed by atoms with Crippen LogP contribution >= 0.6 is 0 Å². The van der Waals surface area contributed by atoms with E-state index < -0.39 is 0 Å². The standard InChI is InChI=1S/C13H19N/c1-5-7-11-9-10-12(8-6-2)13(11)14(3)4/h5-8H,1,9-10H2,2-4H3/b8-6+,11-7+. The third-order valence-electron chi connectivity index (χ3n) is 2.41. The third kappa shape index (κ3) is 2.16. The minimum absolute atomic E-state index is 1.14. The molecular weight excluding hydrogens is 170 g/mol. The zero-order valence-electron chi connectivity index (χ0n) is 9.38. The first-order chi connectivity index (χ1) is 6.70. The van der Waals surface area contributed by atoms with E-state index in [1.165, 1.54) is 16.8 Å². The molecule has 0 saturated heterocycles. The van der Waals surface area contributed by atoms with E-state index in [4.69, 9.17) is 0 Å². The molecule has 1 aliphatic carbocycles. The van der Waals surface area contributed by atoms with Crippen LogP contribution in [0.5, 0.6) is 0 Å². The van der Waals surface area contributed by atoms with E-state index in [0.717, 1.165) is 12.8 Å². The highest BCUT2D eigenvalue weighted by molar-refractivity contribution is 5.45. The second-order valence-corrected chi connectivity index (χ2v) is 3.70. The molecule has 0 aromatic heterocycles. The first-order valence-corrected chi connectivity index (χ1v) is 5.05. The molecule has 0 bridgehead atoms. The maximum absolute atomic E-state index is 3.75. The van der Waals surface area contributed by atoms with Crippen LogP contribution in [0.1, 0.15) is 19.8 Å². The van der Waals surface area contributed by atoms with Gasteiger partial charge in [0.05, 0.1) is 0 Å².